The number of rotatable bonds is 8. The molecule has 29 heavy (non-hydrogen) atoms. The number of ketones is 1. The zero-order chi connectivity index (χ0) is 22.0. The van der Waals surface area contributed by atoms with Crippen LogP contribution in [0.3, 0.4) is 0 Å². The van der Waals surface area contributed by atoms with Crippen LogP contribution in [-0.4, -0.2) is 46.5 Å². The van der Waals surface area contributed by atoms with Crippen LogP contribution < -0.4 is 0 Å². The van der Waals surface area contributed by atoms with Crippen molar-refractivity contribution in [1.82, 2.24) is 0 Å². The number of esters is 1. The van der Waals surface area contributed by atoms with E-state index in [4.69, 9.17) is 13.9 Å². The lowest BCUT2D eigenvalue weighted by molar-refractivity contribution is -0.152. The summed E-state index contributed by atoms with van der Waals surface area (Å²) >= 11 is 0. The van der Waals surface area contributed by atoms with Crippen molar-refractivity contribution in [3.05, 3.63) is 25.3 Å². The first-order chi connectivity index (χ1) is 13.5. The van der Waals surface area contributed by atoms with E-state index in [2.05, 4.69) is 47.0 Å². The van der Waals surface area contributed by atoms with Crippen molar-refractivity contribution in [2.24, 2.45) is 23.2 Å². The molecule has 0 N–H and O–H groups in total. The molecule has 0 bridgehead atoms. The van der Waals surface area contributed by atoms with Gasteiger partial charge in [-0.15, -0.1) is 6.58 Å². The number of fused-ring (bicyclic) bond motifs is 1. The highest BCUT2D eigenvalue weighted by Gasteiger charge is 2.63. The highest BCUT2D eigenvalue weighted by atomic mass is 28.4. The maximum Gasteiger partial charge on any atom is 0.316 e. The van der Waals surface area contributed by atoms with E-state index in [9.17, 15) is 9.59 Å². The smallest absolute Gasteiger partial charge is 0.316 e. The molecule has 0 aromatic carbocycles. The molecule has 0 aromatic heterocycles. The molecule has 0 spiro atoms. The SMILES string of the molecule is C=CCOC(=O)C1C[C@@H]2[C@H](CO[Si](C)(C)C(C)(C)C)CC[C@H](OC)[C@]2(C=C)C1=O. The predicted octanol–water partition coefficient (Wildman–Crippen LogP) is 4.54. The maximum absolute atomic E-state index is 13.5. The standard InChI is InChI=1S/C23H38O5Si/c1-9-13-27-21(25)17-14-18-16(15-28-29(7,8)22(3,4)5)11-12-19(26-6)23(18,10-2)20(17)24/h9-10,16-19H,1-2,11-15H2,3-8H3/t16-,17?,18+,19-,23+/m0/s1. The third kappa shape index (κ3) is 4.30. The summed E-state index contributed by atoms with van der Waals surface area (Å²) in [5.41, 5.74) is -0.855. The van der Waals surface area contributed by atoms with Crippen molar-refractivity contribution in [1.29, 1.82) is 0 Å². The molecule has 2 aliphatic carbocycles. The summed E-state index contributed by atoms with van der Waals surface area (Å²) in [7, 11) is -0.276. The monoisotopic (exact) mass is 422 g/mol. The molecule has 2 saturated carbocycles. The Morgan fingerprint density at radius 3 is 2.45 bits per heavy atom. The van der Waals surface area contributed by atoms with Crippen LogP contribution in [0.2, 0.25) is 18.1 Å². The Bertz CT molecular complexity index is 650. The van der Waals surface area contributed by atoms with Gasteiger partial charge in [-0.3, -0.25) is 9.59 Å². The minimum Gasteiger partial charge on any atom is -0.461 e. The molecule has 5 atom stereocenters. The number of methoxy groups -OCH3 is 1. The Labute approximate surface area is 177 Å². The van der Waals surface area contributed by atoms with Crippen LogP contribution in [0.1, 0.15) is 40.0 Å². The van der Waals surface area contributed by atoms with Gasteiger partial charge in [-0.25, -0.2) is 0 Å². The van der Waals surface area contributed by atoms with Crippen LogP contribution in [0, 0.1) is 23.2 Å². The first-order valence-corrected chi connectivity index (χ1v) is 13.5. The number of hydrogen-bond acceptors (Lipinski definition) is 5. The Hall–Kier alpha value is -1.24. The fourth-order valence-corrected chi connectivity index (χ4v) is 5.76. The topological polar surface area (TPSA) is 61.8 Å². The molecule has 5 nitrogen and oxygen atoms in total. The van der Waals surface area contributed by atoms with E-state index >= 15 is 0 Å². The summed E-state index contributed by atoms with van der Waals surface area (Å²) in [4.78, 5) is 26.0. The van der Waals surface area contributed by atoms with Gasteiger partial charge in [-0.2, -0.15) is 0 Å². The van der Waals surface area contributed by atoms with Crippen LogP contribution in [0.15, 0.2) is 25.3 Å². The fourth-order valence-electron chi connectivity index (χ4n) is 4.70. The van der Waals surface area contributed by atoms with E-state index in [0.717, 1.165) is 12.8 Å². The van der Waals surface area contributed by atoms with Gasteiger partial charge < -0.3 is 13.9 Å². The van der Waals surface area contributed by atoms with Gasteiger partial charge in [0.1, 0.15) is 12.5 Å². The zero-order valence-corrected chi connectivity index (χ0v) is 20.0. The lowest BCUT2D eigenvalue weighted by Gasteiger charge is -2.47. The molecule has 1 unspecified atom stereocenters. The van der Waals surface area contributed by atoms with Gasteiger partial charge in [0.15, 0.2) is 14.1 Å². The maximum atomic E-state index is 13.5. The molecule has 0 amide bonds. The number of carbonyl (C=O) groups excluding carboxylic acids is 2. The second-order valence-electron chi connectivity index (χ2n) is 9.95. The third-order valence-corrected chi connectivity index (χ3v) is 12.0. The molecule has 2 fully saturated rings. The van der Waals surface area contributed by atoms with E-state index in [1.807, 2.05) is 0 Å². The highest BCUT2D eigenvalue weighted by molar-refractivity contribution is 6.74. The molecule has 0 aliphatic heterocycles. The van der Waals surface area contributed by atoms with Crippen molar-refractivity contribution in [2.75, 3.05) is 20.3 Å². The normalized spacial score (nSPS) is 32.6. The molecule has 0 aromatic rings. The van der Waals surface area contributed by atoms with Crippen LogP contribution in [-0.2, 0) is 23.5 Å². The second kappa shape index (κ2) is 8.86. The Morgan fingerprint density at radius 2 is 1.93 bits per heavy atom. The minimum absolute atomic E-state index is 0.0303. The van der Waals surface area contributed by atoms with Gasteiger partial charge in [0, 0.05) is 13.7 Å². The zero-order valence-electron chi connectivity index (χ0n) is 19.0. The molecule has 0 saturated heterocycles. The lowest BCUT2D eigenvalue weighted by atomic mass is 9.61. The van der Waals surface area contributed by atoms with Gasteiger partial charge in [-0.05, 0) is 49.2 Å². The molecular formula is C23H38O5Si. The average molecular weight is 423 g/mol. The van der Waals surface area contributed by atoms with Crippen molar-refractivity contribution < 1.29 is 23.5 Å². The van der Waals surface area contributed by atoms with E-state index < -0.39 is 25.6 Å². The molecule has 2 aliphatic rings. The fraction of sp³-hybridized carbons (Fsp3) is 0.739. The van der Waals surface area contributed by atoms with Gasteiger partial charge in [0.2, 0.25) is 0 Å². The number of hydrogen-bond donors (Lipinski definition) is 0. The summed E-state index contributed by atoms with van der Waals surface area (Å²) < 4.78 is 17.5. The van der Waals surface area contributed by atoms with E-state index in [1.54, 1.807) is 13.2 Å². The Kier molecular flexibility index (Phi) is 7.34. The first-order valence-electron chi connectivity index (χ1n) is 10.6. The van der Waals surface area contributed by atoms with Crippen LogP contribution in [0.4, 0.5) is 0 Å². The average Bonchev–Trinajstić information content (AvgIpc) is 2.97. The molecular weight excluding hydrogens is 384 g/mol. The van der Waals surface area contributed by atoms with E-state index in [0.29, 0.717) is 13.0 Å². The van der Waals surface area contributed by atoms with Crippen molar-refractivity contribution >= 4 is 20.1 Å². The minimum atomic E-state index is -1.91. The molecule has 0 radical (unpaired) electrons. The largest absolute Gasteiger partial charge is 0.461 e. The Balaban J connectivity index is 2.30. The highest BCUT2D eigenvalue weighted by Crippen LogP contribution is 2.56. The first kappa shape index (κ1) is 24.0. The molecule has 164 valence electrons. The number of carbonyl (C=O) groups is 2. The van der Waals surface area contributed by atoms with Gasteiger partial charge in [0.25, 0.3) is 0 Å². The molecule has 6 heteroatoms. The summed E-state index contributed by atoms with van der Waals surface area (Å²) in [5.74, 6) is -1.20. The molecule has 0 heterocycles. The Morgan fingerprint density at radius 1 is 1.28 bits per heavy atom. The summed E-state index contributed by atoms with van der Waals surface area (Å²) in [6, 6.07) is 0. The van der Waals surface area contributed by atoms with Gasteiger partial charge >= 0.3 is 5.97 Å². The van der Waals surface area contributed by atoms with Gasteiger partial charge in [0.05, 0.1) is 11.5 Å². The van der Waals surface area contributed by atoms with Crippen LogP contribution in [0.5, 0.6) is 0 Å². The van der Waals surface area contributed by atoms with Gasteiger partial charge in [-0.1, -0.05) is 39.5 Å². The number of Topliss-reactive ketones (excluding diaryl/α,β-unsaturated/α-hetero) is 1. The van der Waals surface area contributed by atoms with Crippen molar-refractivity contribution in [3.8, 4) is 0 Å². The summed E-state index contributed by atoms with van der Waals surface area (Å²) in [5, 5.41) is 0.120. The summed E-state index contributed by atoms with van der Waals surface area (Å²) in [6.07, 6.45) is 5.11. The van der Waals surface area contributed by atoms with E-state index in [-0.39, 0.29) is 35.4 Å². The van der Waals surface area contributed by atoms with E-state index in [1.165, 1.54) is 6.08 Å². The van der Waals surface area contributed by atoms with Crippen LogP contribution >= 0.6 is 0 Å². The second-order valence-corrected chi connectivity index (χ2v) is 14.8. The predicted molar refractivity (Wildman–Crippen MR) is 117 cm³/mol. The lowest BCUT2D eigenvalue weighted by Crippen LogP contribution is -2.51. The molecule has 2 rings (SSSR count). The van der Waals surface area contributed by atoms with Crippen molar-refractivity contribution in [3.63, 3.8) is 0 Å². The van der Waals surface area contributed by atoms with Crippen molar-refractivity contribution in [2.45, 2.75) is 64.3 Å². The quantitative estimate of drug-likeness (QED) is 0.249. The van der Waals surface area contributed by atoms with Crippen LogP contribution in [0.25, 0.3) is 0 Å². The number of ether oxygens (including phenoxy) is 2. The summed E-state index contributed by atoms with van der Waals surface area (Å²) in [6.45, 7) is 19.4. The third-order valence-electron chi connectivity index (χ3n) is 7.46.